The maximum atomic E-state index is 13.0. The standard InChI is InChI=1S/C23H26N2O5S/c1-15-11-16(2)14-25(13-15)31(28,29)19-9-7-18(8-10-19)24-22(26)21-12-17-5-3-4-6-20(17)23(27)30-21/h3-10,15-16,21H,11-14H2,1-2H3,(H,24,26). The monoisotopic (exact) mass is 442 g/mol. The highest BCUT2D eigenvalue weighted by molar-refractivity contribution is 7.89. The molecule has 0 spiro atoms. The Hall–Kier alpha value is -2.71. The van der Waals surface area contributed by atoms with Crippen molar-refractivity contribution in [2.75, 3.05) is 18.4 Å². The number of nitrogens with one attached hydrogen (secondary N) is 1. The van der Waals surface area contributed by atoms with Crippen LogP contribution in [0.3, 0.4) is 0 Å². The summed E-state index contributed by atoms with van der Waals surface area (Å²) in [4.78, 5) is 24.9. The van der Waals surface area contributed by atoms with Gasteiger partial charge in [0.1, 0.15) is 0 Å². The zero-order valence-electron chi connectivity index (χ0n) is 17.6. The number of piperidine rings is 1. The third kappa shape index (κ3) is 4.50. The van der Waals surface area contributed by atoms with Gasteiger partial charge in [0.05, 0.1) is 10.5 Å². The van der Waals surface area contributed by atoms with E-state index in [0.717, 1.165) is 12.0 Å². The number of nitrogens with zero attached hydrogens (tertiary/aromatic N) is 1. The lowest BCUT2D eigenvalue weighted by atomic mass is 9.94. The minimum atomic E-state index is -3.58. The van der Waals surface area contributed by atoms with Crippen LogP contribution in [0, 0.1) is 11.8 Å². The van der Waals surface area contributed by atoms with Crippen LogP contribution in [0.15, 0.2) is 53.4 Å². The second kappa shape index (κ2) is 8.43. The van der Waals surface area contributed by atoms with E-state index in [0.29, 0.717) is 42.6 Å². The molecule has 1 saturated heterocycles. The van der Waals surface area contributed by atoms with Crippen LogP contribution < -0.4 is 5.32 Å². The highest BCUT2D eigenvalue weighted by Crippen LogP contribution is 2.27. The summed E-state index contributed by atoms with van der Waals surface area (Å²) in [6.45, 7) is 5.15. The van der Waals surface area contributed by atoms with Crippen molar-refractivity contribution in [3.05, 3.63) is 59.7 Å². The summed E-state index contributed by atoms with van der Waals surface area (Å²) >= 11 is 0. The molecule has 3 atom stereocenters. The van der Waals surface area contributed by atoms with Crippen LogP contribution in [0.25, 0.3) is 0 Å². The summed E-state index contributed by atoms with van der Waals surface area (Å²) in [6.07, 6.45) is 0.390. The van der Waals surface area contributed by atoms with Crippen molar-refractivity contribution in [2.24, 2.45) is 11.8 Å². The van der Waals surface area contributed by atoms with Crippen molar-refractivity contribution in [1.82, 2.24) is 4.31 Å². The maximum absolute atomic E-state index is 13.0. The number of anilines is 1. The van der Waals surface area contributed by atoms with Gasteiger partial charge in [-0.2, -0.15) is 4.31 Å². The Morgan fingerprint density at radius 2 is 1.68 bits per heavy atom. The van der Waals surface area contributed by atoms with Crippen molar-refractivity contribution in [2.45, 2.75) is 37.7 Å². The molecule has 0 radical (unpaired) electrons. The van der Waals surface area contributed by atoms with Gasteiger partial charge in [0.15, 0.2) is 6.10 Å². The van der Waals surface area contributed by atoms with Crippen LogP contribution in [0.5, 0.6) is 0 Å². The van der Waals surface area contributed by atoms with Crippen LogP contribution >= 0.6 is 0 Å². The molecule has 1 amide bonds. The number of cyclic esters (lactones) is 1. The fourth-order valence-corrected chi connectivity index (χ4v) is 6.04. The molecular formula is C23H26N2O5S. The summed E-state index contributed by atoms with van der Waals surface area (Å²) in [5.74, 6) is -0.327. The number of carbonyl (C=O) groups is 2. The van der Waals surface area contributed by atoms with Crippen LogP contribution in [0.2, 0.25) is 0 Å². The molecule has 1 fully saturated rings. The van der Waals surface area contributed by atoms with Gasteiger partial charge in [-0.15, -0.1) is 0 Å². The minimum Gasteiger partial charge on any atom is -0.448 e. The number of sulfonamides is 1. The molecule has 0 aromatic heterocycles. The molecule has 0 bridgehead atoms. The number of benzene rings is 2. The Morgan fingerprint density at radius 1 is 1.03 bits per heavy atom. The Bertz CT molecular complexity index is 1090. The van der Waals surface area contributed by atoms with E-state index in [1.165, 1.54) is 12.1 Å². The number of ether oxygens (including phenoxy) is 1. The van der Waals surface area contributed by atoms with E-state index in [1.54, 1.807) is 34.6 Å². The molecule has 2 aliphatic heterocycles. The quantitative estimate of drug-likeness (QED) is 0.735. The summed E-state index contributed by atoms with van der Waals surface area (Å²) in [5.41, 5.74) is 1.69. The molecule has 3 unspecified atom stereocenters. The number of fused-ring (bicyclic) bond motifs is 1. The first-order valence-corrected chi connectivity index (χ1v) is 11.9. The molecule has 2 aromatic carbocycles. The fraction of sp³-hybridized carbons (Fsp3) is 0.391. The molecule has 2 heterocycles. The van der Waals surface area contributed by atoms with E-state index in [2.05, 4.69) is 19.2 Å². The van der Waals surface area contributed by atoms with Gasteiger partial charge in [-0.25, -0.2) is 13.2 Å². The van der Waals surface area contributed by atoms with Crippen molar-refractivity contribution < 1.29 is 22.7 Å². The van der Waals surface area contributed by atoms with Gasteiger partial charge in [-0.3, -0.25) is 4.79 Å². The molecule has 4 rings (SSSR count). The fourth-order valence-electron chi connectivity index (χ4n) is 4.36. The lowest BCUT2D eigenvalue weighted by molar-refractivity contribution is -0.125. The third-order valence-electron chi connectivity index (χ3n) is 5.78. The van der Waals surface area contributed by atoms with Crippen LogP contribution in [0.1, 0.15) is 36.2 Å². The van der Waals surface area contributed by atoms with E-state index in [-0.39, 0.29) is 4.90 Å². The Balaban J connectivity index is 1.44. The number of hydrogen-bond acceptors (Lipinski definition) is 5. The summed E-state index contributed by atoms with van der Waals surface area (Å²) in [6, 6.07) is 13.2. The second-order valence-electron chi connectivity index (χ2n) is 8.54. The van der Waals surface area contributed by atoms with E-state index in [1.807, 2.05) is 6.07 Å². The largest absolute Gasteiger partial charge is 0.448 e. The lowest BCUT2D eigenvalue weighted by Crippen LogP contribution is -2.42. The molecule has 164 valence electrons. The van der Waals surface area contributed by atoms with Gasteiger partial charge in [0.25, 0.3) is 5.91 Å². The molecule has 1 N–H and O–H groups in total. The van der Waals surface area contributed by atoms with Crippen LogP contribution in [0.4, 0.5) is 5.69 Å². The van der Waals surface area contributed by atoms with Gasteiger partial charge >= 0.3 is 5.97 Å². The van der Waals surface area contributed by atoms with E-state index < -0.39 is 28.0 Å². The lowest BCUT2D eigenvalue weighted by Gasteiger charge is -2.34. The van der Waals surface area contributed by atoms with E-state index >= 15 is 0 Å². The van der Waals surface area contributed by atoms with Gasteiger partial charge in [-0.05, 0) is 54.2 Å². The Morgan fingerprint density at radius 3 is 2.35 bits per heavy atom. The third-order valence-corrected chi connectivity index (χ3v) is 7.63. The zero-order valence-corrected chi connectivity index (χ0v) is 18.4. The van der Waals surface area contributed by atoms with Crippen molar-refractivity contribution in [3.8, 4) is 0 Å². The predicted molar refractivity (Wildman–Crippen MR) is 116 cm³/mol. The molecule has 0 aliphatic carbocycles. The molecule has 7 nitrogen and oxygen atoms in total. The average molecular weight is 443 g/mol. The van der Waals surface area contributed by atoms with Crippen molar-refractivity contribution >= 4 is 27.6 Å². The number of carbonyl (C=O) groups excluding carboxylic acids is 2. The topological polar surface area (TPSA) is 92.8 Å². The normalized spacial score (nSPS) is 24.2. The first kappa shape index (κ1) is 21.5. The van der Waals surface area contributed by atoms with Gasteiger partial charge in [0, 0.05) is 25.2 Å². The molecular weight excluding hydrogens is 416 g/mol. The second-order valence-corrected chi connectivity index (χ2v) is 10.5. The number of amides is 1. The SMILES string of the molecule is CC1CC(C)CN(S(=O)(=O)c2ccc(NC(=O)C3Cc4ccccc4C(=O)O3)cc2)C1. The first-order valence-electron chi connectivity index (χ1n) is 10.4. The predicted octanol–water partition coefficient (Wildman–Crippen LogP) is 3.07. The average Bonchev–Trinajstić information content (AvgIpc) is 2.73. The van der Waals surface area contributed by atoms with Crippen molar-refractivity contribution in [1.29, 1.82) is 0 Å². The van der Waals surface area contributed by atoms with Crippen LogP contribution in [-0.4, -0.2) is 43.8 Å². The Labute approximate surface area is 182 Å². The van der Waals surface area contributed by atoms with Gasteiger partial charge in [-0.1, -0.05) is 32.0 Å². The number of hydrogen-bond donors (Lipinski definition) is 1. The molecule has 0 saturated carbocycles. The van der Waals surface area contributed by atoms with Gasteiger partial charge in [0.2, 0.25) is 10.0 Å². The summed E-state index contributed by atoms with van der Waals surface area (Å²) in [5, 5.41) is 2.71. The Kier molecular flexibility index (Phi) is 5.85. The minimum absolute atomic E-state index is 0.199. The van der Waals surface area contributed by atoms with E-state index in [9.17, 15) is 18.0 Å². The number of rotatable bonds is 4. The maximum Gasteiger partial charge on any atom is 0.339 e. The van der Waals surface area contributed by atoms with E-state index in [4.69, 9.17) is 4.74 Å². The molecule has 2 aromatic rings. The summed E-state index contributed by atoms with van der Waals surface area (Å²) < 4.78 is 32.8. The molecule has 2 aliphatic rings. The molecule has 8 heteroatoms. The number of esters is 1. The summed E-state index contributed by atoms with van der Waals surface area (Å²) in [7, 11) is -3.58. The van der Waals surface area contributed by atoms with Gasteiger partial charge < -0.3 is 10.1 Å². The highest BCUT2D eigenvalue weighted by Gasteiger charge is 2.33. The van der Waals surface area contributed by atoms with Crippen LogP contribution in [-0.2, 0) is 26.0 Å². The first-order chi connectivity index (χ1) is 14.7. The highest BCUT2D eigenvalue weighted by atomic mass is 32.2. The molecule has 31 heavy (non-hydrogen) atoms. The zero-order chi connectivity index (χ0) is 22.2. The van der Waals surface area contributed by atoms with Crippen molar-refractivity contribution in [3.63, 3.8) is 0 Å². The smallest absolute Gasteiger partial charge is 0.339 e.